The van der Waals surface area contributed by atoms with Crippen LogP contribution >= 0.6 is 0 Å². The Morgan fingerprint density at radius 3 is 1.86 bits per heavy atom. The minimum absolute atomic E-state index is 0.540. The summed E-state index contributed by atoms with van der Waals surface area (Å²) in [5, 5.41) is 0. The van der Waals surface area contributed by atoms with Gasteiger partial charge in [-0.15, -0.1) is 0 Å². The second-order valence-corrected chi connectivity index (χ2v) is 3.70. The van der Waals surface area contributed by atoms with Crippen molar-refractivity contribution in [1.82, 2.24) is 0 Å². The van der Waals surface area contributed by atoms with Crippen molar-refractivity contribution < 1.29 is 0 Å². The molecule has 0 unspecified atom stereocenters. The van der Waals surface area contributed by atoms with Gasteiger partial charge in [0.1, 0.15) is 5.84 Å². The summed E-state index contributed by atoms with van der Waals surface area (Å²) in [4.78, 5) is 4.02. The number of nitrogens with zero attached hydrogens (tertiary/aromatic N) is 1. The maximum absolute atomic E-state index is 5.85. The topological polar surface area (TPSA) is 38.4 Å². The molecule has 0 amide bonds. The first-order valence-corrected chi connectivity index (χ1v) is 4.68. The van der Waals surface area contributed by atoms with Crippen LogP contribution in [-0.2, 0) is 0 Å². The van der Waals surface area contributed by atoms with E-state index in [0.717, 1.165) is 5.57 Å². The van der Waals surface area contributed by atoms with Gasteiger partial charge < -0.3 is 5.73 Å². The number of aliphatic imine (C=N–C) groups is 1. The van der Waals surface area contributed by atoms with E-state index >= 15 is 0 Å². The van der Waals surface area contributed by atoms with Crippen LogP contribution in [0.25, 0.3) is 0 Å². The van der Waals surface area contributed by atoms with Crippen LogP contribution in [0.2, 0.25) is 0 Å². The molecule has 0 aliphatic heterocycles. The van der Waals surface area contributed by atoms with E-state index in [9.17, 15) is 0 Å². The Kier molecular flexibility index (Phi) is 4.92. The molecule has 2 heteroatoms. The molecule has 0 fully saturated rings. The fraction of sp³-hybridized carbons (Fsp3) is 0.417. The molecular weight excluding hydrogens is 172 g/mol. The first kappa shape index (κ1) is 12.7. The molecule has 0 aliphatic carbocycles. The lowest BCUT2D eigenvalue weighted by Crippen LogP contribution is -2.17. The highest BCUT2D eigenvalue weighted by molar-refractivity contribution is 6.01. The van der Waals surface area contributed by atoms with Gasteiger partial charge in [0.05, 0.1) is 0 Å². The number of hydrogen-bond donors (Lipinski definition) is 1. The average Bonchev–Trinajstić information content (AvgIpc) is 2.03. The van der Waals surface area contributed by atoms with Crippen molar-refractivity contribution in [2.24, 2.45) is 10.7 Å². The van der Waals surface area contributed by atoms with Crippen molar-refractivity contribution in [3.63, 3.8) is 0 Å². The van der Waals surface area contributed by atoms with Gasteiger partial charge in [0.25, 0.3) is 0 Å². The minimum atomic E-state index is 0.540. The van der Waals surface area contributed by atoms with Gasteiger partial charge in [0.15, 0.2) is 0 Å². The molecular formula is C12H20N2. The molecule has 0 aromatic rings. The predicted molar refractivity (Wildman–Crippen MR) is 64.2 cm³/mol. The van der Waals surface area contributed by atoms with E-state index in [1.165, 1.54) is 22.9 Å². The molecule has 14 heavy (non-hydrogen) atoms. The third-order valence-corrected chi connectivity index (χ3v) is 2.11. The Bertz CT molecular complexity index is 309. The average molecular weight is 192 g/mol. The maximum atomic E-state index is 5.85. The van der Waals surface area contributed by atoms with Gasteiger partial charge in [0.2, 0.25) is 0 Å². The van der Waals surface area contributed by atoms with Gasteiger partial charge in [0, 0.05) is 11.8 Å². The SMILES string of the molecule is C=CN=C(N)C(=C(C)C)C(C)=C(C)C. The van der Waals surface area contributed by atoms with Crippen LogP contribution in [0.4, 0.5) is 0 Å². The molecule has 0 saturated heterocycles. The van der Waals surface area contributed by atoms with Crippen LogP contribution in [0.1, 0.15) is 34.6 Å². The molecule has 0 spiro atoms. The Morgan fingerprint density at radius 2 is 1.57 bits per heavy atom. The van der Waals surface area contributed by atoms with Crippen LogP contribution in [0, 0.1) is 0 Å². The van der Waals surface area contributed by atoms with Gasteiger partial charge in [-0.05, 0) is 40.2 Å². The van der Waals surface area contributed by atoms with Gasteiger partial charge in [-0.1, -0.05) is 17.7 Å². The molecule has 2 nitrogen and oxygen atoms in total. The van der Waals surface area contributed by atoms with E-state index in [1.807, 2.05) is 13.8 Å². The summed E-state index contributed by atoms with van der Waals surface area (Å²) >= 11 is 0. The number of rotatable bonds is 3. The first-order chi connectivity index (χ1) is 6.41. The standard InChI is InChI=1S/C12H20N2/c1-7-14-12(13)11(9(4)5)10(6)8(2)3/h7H,1H2,2-6H3,(H2,13,14). The number of allylic oxidation sites excluding steroid dienone is 2. The molecule has 0 aromatic heterocycles. The fourth-order valence-electron chi connectivity index (χ4n) is 1.24. The molecule has 78 valence electrons. The number of nitrogens with two attached hydrogens (primary N) is 1. The van der Waals surface area contributed by atoms with E-state index in [4.69, 9.17) is 5.73 Å². The highest BCUT2D eigenvalue weighted by atomic mass is 14.8. The quantitative estimate of drug-likeness (QED) is 0.416. The Hall–Kier alpha value is -1.31. The van der Waals surface area contributed by atoms with Gasteiger partial charge >= 0.3 is 0 Å². The zero-order valence-electron chi connectivity index (χ0n) is 9.81. The van der Waals surface area contributed by atoms with Crippen molar-refractivity contribution in [3.05, 3.63) is 35.1 Å². The summed E-state index contributed by atoms with van der Waals surface area (Å²) in [6.07, 6.45) is 1.47. The summed E-state index contributed by atoms with van der Waals surface area (Å²) in [5.41, 5.74) is 10.5. The number of amidine groups is 1. The molecule has 0 radical (unpaired) electrons. The van der Waals surface area contributed by atoms with Crippen LogP contribution in [0.5, 0.6) is 0 Å². The van der Waals surface area contributed by atoms with E-state index < -0.39 is 0 Å². The Morgan fingerprint density at radius 1 is 1.07 bits per heavy atom. The Labute approximate surface area is 86.9 Å². The summed E-state index contributed by atoms with van der Waals surface area (Å²) in [6, 6.07) is 0. The zero-order chi connectivity index (χ0) is 11.3. The van der Waals surface area contributed by atoms with Crippen molar-refractivity contribution >= 4 is 5.84 Å². The van der Waals surface area contributed by atoms with E-state index in [2.05, 4.69) is 32.3 Å². The third kappa shape index (κ3) is 3.21. The summed E-state index contributed by atoms with van der Waals surface area (Å²) < 4.78 is 0. The molecule has 0 heterocycles. The lowest BCUT2D eigenvalue weighted by Gasteiger charge is -2.11. The smallest absolute Gasteiger partial charge is 0.130 e. The lowest BCUT2D eigenvalue weighted by atomic mass is 9.98. The van der Waals surface area contributed by atoms with Crippen molar-refractivity contribution in [1.29, 1.82) is 0 Å². The first-order valence-electron chi connectivity index (χ1n) is 4.68. The van der Waals surface area contributed by atoms with Crippen molar-refractivity contribution in [3.8, 4) is 0 Å². The molecule has 0 aliphatic rings. The van der Waals surface area contributed by atoms with Crippen LogP contribution < -0.4 is 5.73 Å². The van der Waals surface area contributed by atoms with Gasteiger partial charge in [-0.3, -0.25) is 0 Å². The fourth-order valence-corrected chi connectivity index (χ4v) is 1.24. The number of hydrogen-bond acceptors (Lipinski definition) is 1. The third-order valence-electron chi connectivity index (χ3n) is 2.11. The highest BCUT2D eigenvalue weighted by Gasteiger charge is 2.07. The second kappa shape index (κ2) is 5.43. The largest absolute Gasteiger partial charge is 0.383 e. The summed E-state index contributed by atoms with van der Waals surface area (Å²) in [7, 11) is 0. The second-order valence-electron chi connectivity index (χ2n) is 3.70. The highest BCUT2D eigenvalue weighted by Crippen LogP contribution is 2.18. The van der Waals surface area contributed by atoms with Gasteiger partial charge in [-0.25, -0.2) is 4.99 Å². The van der Waals surface area contributed by atoms with Crippen LogP contribution in [0.15, 0.2) is 40.1 Å². The molecule has 0 aromatic carbocycles. The molecule has 0 saturated carbocycles. The Balaban J connectivity index is 5.44. The molecule has 0 bridgehead atoms. The minimum Gasteiger partial charge on any atom is -0.383 e. The van der Waals surface area contributed by atoms with Crippen molar-refractivity contribution in [2.45, 2.75) is 34.6 Å². The molecule has 0 atom stereocenters. The monoisotopic (exact) mass is 192 g/mol. The summed E-state index contributed by atoms with van der Waals surface area (Å²) in [6.45, 7) is 13.8. The van der Waals surface area contributed by atoms with Gasteiger partial charge in [-0.2, -0.15) is 0 Å². The zero-order valence-corrected chi connectivity index (χ0v) is 9.81. The van der Waals surface area contributed by atoms with E-state index in [0.29, 0.717) is 5.84 Å². The van der Waals surface area contributed by atoms with Crippen LogP contribution in [0.3, 0.4) is 0 Å². The van der Waals surface area contributed by atoms with E-state index in [-0.39, 0.29) is 0 Å². The van der Waals surface area contributed by atoms with Crippen molar-refractivity contribution in [2.75, 3.05) is 0 Å². The molecule has 0 rings (SSSR count). The van der Waals surface area contributed by atoms with Crippen LogP contribution in [-0.4, -0.2) is 5.84 Å². The van der Waals surface area contributed by atoms with E-state index in [1.54, 1.807) is 0 Å². The normalized spacial score (nSPS) is 10.8. The predicted octanol–water partition coefficient (Wildman–Crippen LogP) is 3.18. The maximum Gasteiger partial charge on any atom is 0.130 e. The lowest BCUT2D eigenvalue weighted by molar-refractivity contribution is 1.21. The summed E-state index contributed by atoms with van der Waals surface area (Å²) in [5.74, 6) is 0.540. The molecule has 2 N–H and O–H groups in total.